The van der Waals surface area contributed by atoms with E-state index in [1.54, 1.807) is 43.3 Å². The molecule has 19 heavy (non-hydrogen) atoms. The highest BCUT2D eigenvalue weighted by molar-refractivity contribution is 5.31. The van der Waals surface area contributed by atoms with Gasteiger partial charge in [-0.1, -0.05) is 18.2 Å². The molecule has 0 radical (unpaired) electrons. The van der Waals surface area contributed by atoms with Crippen LogP contribution in [0.1, 0.15) is 24.1 Å². The third-order valence-corrected chi connectivity index (χ3v) is 2.80. The van der Waals surface area contributed by atoms with E-state index in [4.69, 9.17) is 15.6 Å². The number of hydrogen-bond acceptors (Lipinski definition) is 3. The molecule has 2 rings (SSSR count). The van der Waals surface area contributed by atoms with Crippen LogP contribution < -0.4 is 10.5 Å². The Hall–Kier alpha value is -2.07. The maximum Gasteiger partial charge on any atom is 0.131 e. The molecule has 0 unspecified atom stereocenters. The maximum atomic E-state index is 13.7. The Morgan fingerprint density at radius 3 is 2.47 bits per heavy atom. The standard InChI is InChI=1S/C15H16FNO2/c1-10(17)14-7-6-13(8-15(14)16)19-9-11-2-4-12(18)5-3-11/h2-8,10,18H,9,17H2,1H3/t10-/m1/s1. The van der Waals surface area contributed by atoms with E-state index in [1.807, 2.05) is 0 Å². The predicted octanol–water partition coefficient (Wildman–Crippen LogP) is 3.13. The summed E-state index contributed by atoms with van der Waals surface area (Å²) in [6.45, 7) is 2.05. The molecule has 4 heteroatoms. The molecule has 0 fully saturated rings. The van der Waals surface area contributed by atoms with Crippen molar-refractivity contribution in [2.75, 3.05) is 0 Å². The molecule has 0 spiro atoms. The molecule has 0 aromatic heterocycles. The quantitative estimate of drug-likeness (QED) is 0.889. The monoisotopic (exact) mass is 261 g/mol. The first-order chi connectivity index (χ1) is 9.06. The Labute approximate surface area is 111 Å². The van der Waals surface area contributed by atoms with Gasteiger partial charge in [0.1, 0.15) is 23.9 Å². The molecule has 0 amide bonds. The number of halogens is 1. The Balaban J connectivity index is 2.04. The summed E-state index contributed by atoms with van der Waals surface area (Å²) in [5.41, 5.74) is 7.01. The third kappa shape index (κ3) is 3.45. The van der Waals surface area contributed by atoms with Gasteiger partial charge in [-0.25, -0.2) is 4.39 Å². The van der Waals surface area contributed by atoms with Gasteiger partial charge in [0.2, 0.25) is 0 Å². The Bertz CT molecular complexity index is 553. The highest BCUT2D eigenvalue weighted by atomic mass is 19.1. The lowest BCUT2D eigenvalue weighted by molar-refractivity contribution is 0.304. The Morgan fingerprint density at radius 1 is 1.21 bits per heavy atom. The van der Waals surface area contributed by atoms with E-state index in [2.05, 4.69) is 0 Å². The molecule has 0 aliphatic heterocycles. The second-order valence-corrected chi connectivity index (χ2v) is 4.43. The van der Waals surface area contributed by atoms with Crippen molar-refractivity contribution in [3.8, 4) is 11.5 Å². The van der Waals surface area contributed by atoms with Crippen LogP contribution in [-0.2, 0) is 6.61 Å². The normalized spacial score (nSPS) is 12.2. The van der Waals surface area contributed by atoms with Crippen molar-refractivity contribution in [1.82, 2.24) is 0 Å². The summed E-state index contributed by atoms with van der Waals surface area (Å²) in [6, 6.07) is 11.0. The molecule has 3 nitrogen and oxygen atoms in total. The average molecular weight is 261 g/mol. The van der Waals surface area contributed by atoms with Crippen molar-refractivity contribution in [3.63, 3.8) is 0 Å². The molecule has 1 atom stereocenters. The van der Waals surface area contributed by atoms with Gasteiger partial charge in [-0.05, 0) is 30.7 Å². The lowest BCUT2D eigenvalue weighted by Gasteiger charge is -2.10. The van der Waals surface area contributed by atoms with Gasteiger partial charge >= 0.3 is 0 Å². The zero-order chi connectivity index (χ0) is 13.8. The molecule has 2 aromatic rings. The number of hydrogen-bond donors (Lipinski definition) is 2. The molecular weight excluding hydrogens is 245 g/mol. The van der Waals surface area contributed by atoms with Crippen LogP contribution in [0.3, 0.4) is 0 Å². The van der Waals surface area contributed by atoms with E-state index in [1.165, 1.54) is 6.07 Å². The van der Waals surface area contributed by atoms with E-state index in [-0.39, 0.29) is 17.6 Å². The fraction of sp³-hybridized carbons (Fsp3) is 0.200. The van der Waals surface area contributed by atoms with E-state index in [9.17, 15) is 4.39 Å². The van der Waals surface area contributed by atoms with Crippen LogP contribution in [0.2, 0.25) is 0 Å². The summed E-state index contributed by atoms with van der Waals surface area (Å²) in [4.78, 5) is 0. The number of rotatable bonds is 4. The van der Waals surface area contributed by atoms with Crippen LogP contribution in [0, 0.1) is 5.82 Å². The van der Waals surface area contributed by atoms with Gasteiger partial charge in [0, 0.05) is 17.7 Å². The van der Waals surface area contributed by atoms with Crippen molar-refractivity contribution >= 4 is 0 Å². The average Bonchev–Trinajstić information content (AvgIpc) is 2.37. The summed E-state index contributed by atoms with van der Waals surface area (Å²) >= 11 is 0. The minimum absolute atomic E-state index is 0.205. The number of aromatic hydroxyl groups is 1. The fourth-order valence-corrected chi connectivity index (χ4v) is 1.73. The van der Waals surface area contributed by atoms with Gasteiger partial charge in [0.15, 0.2) is 0 Å². The van der Waals surface area contributed by atoms with Gasteiger partial charge in [-0.3, -0.25) is 0 Å². The van der Waals surface area contributed by atoms with Crippen LogP contribution in [0.15, 0.2) is 42.5 Å². The highest BCUT2D eigenvalue weighted by Gasteiger charge is 2.08. The molecule has 0 saturated heterocycles. The number of benzene rings is 2. The van der Waals surface area contributed by atoms with E-state index in [0.717, 1.165) is 5.56 Å². The van der Waals surface area contributed by atoms with Crippen molar-refractivity contribution in [1.29, 1.82) is 0 Å². The van der Waals surface area contributed by atoms with E-state index < -0.39 is 0 Å². The fourth-order valence-electron chi connectivity index (χ4n) is 1.73. The SMILES string of the molecule is C[C@@H](N)c1ccc(OCc2ccc(O)cc2)cc1F. The van der Waals surface area contributed by atoms with Gasteiger partial charge in [0.05, 0.1) is 0 Å². The largest absolute Gasteiger partial charge is 0.508 e. The van der Waals surface area contributed by atoms with Gasteiger partial charge in [-0.15, -0.1) is 0 Å². The molecule has 100 valence electrons. The van der Waals surface area contributed by atoms with E-state index >= 15 is 0 Å². The minimum atomic E-state index is -0.363. The third-order valence-electron chi connectivity index (χ3n) is 2.80. The molecule has 0 bridgehead atoms. The number of nitrogens with two attached hydrogens (primary N) is 1. The first kappa shape index (κ1) is 13.4. The smallest absolute Gasteiger partial charge is 0.131 e. The molecule has 3 N–H and O–H groups in total. The number of ether oxygens (including phenoxy) is 1. The first-order valence-corrected chi connectivity index (χ1v) is 6.02. The Morgan fingerprint density at radius 2 is 1.89 bits per heavy atom. The molecule has 0 aliphatic rings. The minimum Gasteiger partial charge on any atom is -0.508 e. The maximum absolute atomic E-state index is 13.7. The van der Waals surface area contributed by atoms with E-state index in [0.29, 0.717) is 17.9 Å². The number of phenols is 1. The molecular formula is C15H16FNO2. The van der Waals surface area contributed by atoms with Crippen LogP contribution in [0.4, 0.5) is 4.39 Å². The molecule has 2 aromatic carbocycles. The first-order valence-electron chi connectivity index (χ1n) is 6.02. The summed E-state index contributed by atoms with van der Waals surface area (Å²) < 4.78 is 19.2. The Kier molecular flexibility index (Phi) is 4.02. The van der Waals surface area contributed by atoms with Crippen molar-refractivity contribution in [2.45, 2.75) is 19.6 Å². The predicted molar refractivity (Wildman–Crippen MR) is 71.4 cm³/mol. The van der Waals surface area contributed by atoms with Crippen LogP contribution in [0.5, 0.6) is 11.5 Å². The molecule has 0 saturated carbocycles. The summed E-state index contributed by atoms with van der Waals surface area (Å²) in [6.07, 6.45) is 0. The van der Waals surface area contributed by atoms with Crippen LogP contribution in [-0.4, -0.2) is 5.11 Å². The van der Waals surface area contributed by atoms with Crippen molar-refractivity contribution in [3.05, 3.63) is 59.4 Å². The van der Waals surface area contributed by atoms with Gasteiger partial charge < -0.3 is 15.6 Å². The summed E-state index contributed by atoms with van der Waals surface area (Å²) in [7, 11) is 0. The van der Waals surface area contributed by atoms with Crippen LogP contribution in [0.25, 0.3) is 0 Å². The van der Waals surface area contributed by atoms with Crippen LogP contribution >= 0.6 is 0 Å². The van der Waals surface area contributed by atoms with Gasteiger partial charge in [-0.2, -0.15) is 0 Å². The van der Waals surface area contributed by atoms with Crippen molar-refractivity contribution in [2.24, 2.45) is 5.73 Å². The zero-order valence-electron chi connectivity index (χ0n) is 10.6. The second kappa shape index (κ2) is 5.71. The highest BCUT2D eigenvalue weighted by Crippen LogP contribution is 2.21. The lowest BCUT2D eigenvalue weighted by atomic mass is 10.1. The molecule has 0 heterocycles. The topological polar surface area (TPSA) is 55.5 Å². The summed E-state index contributed by atoms with van der Waals surface area (Å²) in [5.74, 6) is 0.296. The van der Waals surface area contributed by atoms with Gasteiger partial charge in [0.25, 0.3) is 0 Å². The van der Waals surface area contributed by atoms with Crippen molar-refractivity contribution < 1.29 is 14.2 Å². The number of phenolic OH excluding ortho intramolecular Hbond substituents is 1. The lowest BCUT2D eigenvalue weighted by Crippen LogP contribution is -2.07. The second-order valence-electron chi connectivity index (χ2n) is 4.43. The zero-order valence-corrected chi connectivity index (χ0v) is 10.6. The summed E-state index contributed by atoms with van der Waals surface area (Å²) in [5, 5.41) is 9.16. The molecule has 0 aliphatic carbocycles.